The van der Waals surface area contributed by atoms with Crippen LogP contribution in [0.3, 0.4) is 0 Å². The van der Waals surface area contributed by atoms with Gasteiger partial charge in [0.25, 0.3) is 0 Å². The summed E-state index contributed by atoms with van der Waals surface area (Å²) in [5.74, 6) is 1.01. The Hall–Kier alpha value is -1.81. The quantitative estimate of drug-likeness (QED) is 0.912. The number of aryl methyl sites for hydroxylation is 1. The third-order valence-corrected chi connectivity index (χ3v) is 3.87. The van der Waals surface area contributed by atoms with E-state index in [1.54, 1.807) is 6.33 Å². The lowest BCUT2D eigenvalue weighted by molar-refractivity contribution is 0.294. The summed E-state index contributed by atoms with van der Waals surface area (Å²) in [6, 6.07) is 6.80. The second kappa shape index (κ2) is 5.05. The highest BCUT2D eigenvalue weighted by atomic mass is 16.5. The first-order chi connectivity index (χ1) is 9.29. The molecule has 100 valence electrons. The van der Waals surface area contributed by atoms with Crippen LogP contribution in [0.1, 0.15) is 29.3 Å². The molecule has 1 aliphatic rings. The second-order valence-electron chi connectivity index (χ2n) is 4.99. The monoisotopic (exact) mass is 257 g/mol. The molecule has 0 bridgehead atoms. The van der Waals surface area contributed by atoms with E-state index in [4.69, 9.17) is 4.74 Å². The van der Waals surface area contributed by atoms with Crippen molar-refractivity contribution in [3.63, 3.8) is 0 Å². The van der Waals surface area contributed by atoms with Gasteiger partial charge in [0.05, 0.1) is 18.2 Å². The summed E-state index contributed by atoms with van der Waals surface area (Å²) >= 11 is 0. The zero-order valence-corrected chi connectivity index (χ0v) is 11.4. The van der Waals surface area contributed by atoms with E-state index in [0.29, 0.717) is 12.6 Å². The van der Waals surface area contributed by atoms with Crippen LogP contribution < -0.4 is 10.1 Å². The van der Waals surface area contributed by atoms with Gasteiger partial charge in [-0.2, -0.15) is 0 Å². The van der Waals surface area contributed by atoms with Crippen LogP contribution in [0.25, 0.3) is 0 Å². The Morgan fingerprint density at radius 2 is 2.37 bits per heavy atom. The van der Waals surface area contributed by atoms with Gasteiger partial charge in [0, 0.05) is 13.1 Å². The smallest absolute Gasteiger partial charge is 0.130 e. The normalized spacial score (nSPS) is 17.5. The summed E-state index contributed by atoms with van der Waals surface area (Å²) in [6.45, 7) is 0.567. The molecule has 19 heavy (non-hydrogen) atoms. The van der Waals surface area contributed by atoms with E-state index >= 15 is 0 Å². The van der Waals surface area contributed by atoms with E-state index in [9.17, 15) is 0 Å². The van der Waals surface area contributed by atoms with Gasteiger partial charge in [0.2, 0.25) is 0 Å². The van der Waals surface area contributed by atoms with Crippen molar-refractivity contribution in [1.29, 1.82) is 0 Å². The van der Waals surface area contributed by atoms with Gasteiger partial charge in [-0.3, -0.25) is 0 Å². The molecule has 3 rings (SSSR count). The van der Waals surface area contributed by atoms with Gasteiger partial charge in [-0.25, -0.2) is 4.98 Å². The van der Waals surface area contributed by atoms with Crippen molar-refractivity contribution >= 4 is 0 Å². The number of rotatable bonds is 4. The van der Waals surface area contributed by atoms with Crippen LogP contribution in [0.4, 0.5) is 0 Å². The minimum Gasteiger partial charge on any atom is -0.487 e. The lowest BCUT2D eigenvalue weighted by Crippen LogP contribution is -2.12. The molecule has 2 aromatic rings. The summed E-state index contributed by atoms with van der Waals surface area (Å²) in [4.78, 5) is 4.10. The van der Waals surface area contributed by atoms with Crippen LogP contribution in [0.15, 0.2) is 30.7 Å². The molecule has 1 aromatic heterocycles. The largest absolute Gasteiger partial charge is 0.487 e. The summed E-state index contributed by atoms with van der Waals surface area (Å²) < 4.78 is 7.96. The number of aromatic nitrogens is 2. The Morgan fingerprint density at radius 1 is 1.47 bits per heavy atom. The number of ether oxygens (including phenoxy) is 1. The lowest BCUT2D eigenvalue weighted by Gasteiger charge is -2.13. The maximum absolute atomic E-state index is 5.98. The minimum absolute atomic E-state index is 0.468. The van der Waals surface area contributed by atoms with E-state index in [2.05, 4.69) is 28.5 Å². The van der Waals surface area contributed by atoms with Crippen molar-refractivity contribution in [2.75, 3.05) is 7.05 Å². The molecular formula is C15H19N3O. The standard InChI is InChI=1S/C15H19N3O/c1-16-14-7-6-13-12(14)4-3-5-15(13)19-9-11-8-17-10-18(11)2/h3-5,8,10,14,16H,6-7,9H2,1-2H3. The zero-order valence-electron chi connectivity index (χ0n) is 11.4. The molecule has 0 saturated carbocycles. The number of nitrogens with one attached hydrogen (secondary N) is 1. The van der Waals surface area contributed by atoms with E-state index in [-0.39, 0.29) is 0 Å². The van der Waals surface area contributed by atoms with Crippen molar-refractivity contribution in [1.82, 2.24) is 14.9 Å². The number of hydrogen-bond acceptors (Lipinski definition) is 3. The number of imidazole rings is 1. The molecule has 0 radical (unpaired) electrons. The van der Waals surface area contributed by atoms with Crippen LogP contribution in [-0.4, -0.2) is 16.6 Å². The fourth-order valence-corrected chi connectivity index (χ4v) is 2.73. The number of hydrogen-bond donors (Lipinski definition) is 1. The number of fused-ring (bicyclic) bond motifs is 1. The molecule has 0 saturated heterocycles. The average Bonchev–Trinajstić information content (AvgIpc) is 3.02. The third kappa shape index (κ3) is 2.24. The molecule has 1 atom stereocenters. The van der Waals surface area contributed by atoms with Crippen molar-refractivity contribution in [3.8, 4) is 5.75 Å². The minimum atomic E-state index is 0.468. The molecule has 0 aliphatic heterocycles. The fraction of sp³-hybridized carbons (Fsp3) is 0.400. The molecule has 1 aromatic carbocycles. The van der Waals surface area contributed by atoms with Gasteiger partial charge in [0.1, 0.15) is 12.4 Å². The van der Waals surface area contributed by atoms with Gasteiger partial charge in [-0.15, -0.1) is 0 Å². The first-order valence-electron chi connectivity index (χ1n) is 6.66. The van der Waals surface area contributed by atoms with Crippen LogP contribution in [-0.2, 0) is 20.1 Å². The Kier molecular flexibility index (Phi) is 3.25. The van der Waals surface area contributed by atoms with E-state index in [0.717, 1.165) is 24.3 Å². The molecule has 1 unspecified atom stereocenters. The average molecular weight is 257 g/mol. The molecule has 4 nitrogen and oxygen atoms in total. The molecular weight excluding hydrogens is 238 g/mol. The highest BCUT2D eigenvalue weighted by Crippen LogP contribution is 2.36. The molecule has 1 aliphatic carbocycles. The van der Waals surface area contributed by atoms with Crippen molar-refractivity contribution in [2.24, 2.45) is 7.05 Å². The Morgan fingerprint density at radius 3 is 3.11 bits per heavy atom. The molecule has 0 spiro atoms. The summed E-state index contributed by atoms with van der Waals surface area (Å²) in [5.41, 5.74) is 3.81. The molecule has 1 N–H and O–H groups in total. The Labute approximate surface area is 113 Å². The lowest BCUT2D eigenvalue weighted by atomic mass is 10.1. The number of benzene rings is 1. The summed E-state index contributed by atoms with van der Waals surface area (Å²) in [6.07, 6.45) is 5.88. The van der Waals surface area contributed by atoms with Crippen LogP contribution in [0, 0.1) is 0 Å². The highest BCUT2D eigenvalue weighted by molar-refractivity contribution is 5.45. The maximum Gasteiger partial charge on any atom is 0.130 e. The first-order valence-corrected chi connectivity index (χ1v) is 6.66. The molecule has 0 amide bonds. The maximum atomic E-state index is 5.98. The number of nitrogens with zero attached hydrogens (tertiary/aromatic N) is 2. The van der Waals surface area contributed by atoms with Gasteiger partial charge >= 0.3 is 0 Å². The van der Waals surface area contributed by atoms with Crippen LogP contribution in [0.2, 0.25) is 0 Å². The molecule has 0 fully saturated rings. The fourth-order valence-electron chi connectivity index (χ4n) is 2.73. The molecule has 4 heteroatoms. The van der Waals surface area contributed by atoms with Crippen molar-refractivity contribution in [3.05, 3.63) is 47.5 Å². The Bertz CT molecular complexity index is 577. The second-order valence-corrected chi connectivity index (χ2v) is 4.99. The van der Waals surface area contributed by atoms with Crippen molar-refractivity contribution in [2.45, 2.75) is 25.5 Å². The first kappa shape index (κ1) is 12.2. The van der Waals surface area contributed by atoms with Gasteiger partial charge in [-0.05, 0) is 37.1 Å². The van der Waals surface area contributed by atoms with E-state index in [1.807, 2.05) is 24.9 Å². The van der Waals surface area contributed by atoms with E-state index in [1.165, 1.54) is 11.1 Å². The predicted molar refractivity (Wildman–Crippen MR) is 74.1 cm³/mol. The SMILES string of the molecule is CNC1CCc2c(OCc3cncn3C)cccc21. The van der Waals surface area contributed by atoms with E-state index < -0.39 is 0 Å². The van der Waals surface area contributed by atoms with Crippen LogP contribution in [0.5, 0.6) is 5.75 Å². The summed E-state index contributed by atoms with van der Waals surface area (Å²) in [5, 5.41) is 3.36. The Balaban J connectivity index is 1.79. The van der Waals surface area contributed by atoms with Crippen LogP contribution >= 0.6 is 0 Å². The highest BCUT2D eigenvalue weighted by Gasteiger charge is 2.23. The van der Waals surface area contributed by atoms with Crippen molar-refractivity contribution < 1.29 is 4.74 Å². The van der Waals surface area contributed by atoms with Gasteiger partial charge in [0.15, 0.2) is 0 Å². The predicted octanol–water partition coefficient (Wildman–Crippen LogP) is 2.21. The zero-order chi connectivity index (χ0) is 13.2. The van der Waals surface area contributed by atoms with Gasteiger partial charge in [-0.1, -0.05) is 12.1 Å². The van der Waals surface area contributed by atoms with Gasteiger partial charge < -0.3 is 14.6 Å². The molecule has 1 heterocycles. The topological polar surface area (TPSA) is 39.1 Å². The summed E-state index contributed by atoms with van der Waals surface area (Å²) in [7, 11) is 4.00. The third-order valence-electron chi connectivity index (χ3n) is 3.87.